The van der Waals surface area contributed by atoms with E-state index in [2.05, 4.69) is 10.6 Å². The minimum Gasteiger partial charge on any atom is -0.455 e. The van der Waals surface area contributed by atoms with E-state index < -0.39 is 10.0 Å². The summed E-state index contributed by atoms with van der Waals surface area (Å²) in [6.07, 6.45) is 2.03. The van der Waals surface area contributed by atoms with Gasteiger partial charge < -0.3 is 15.1 Å². The summed E-state index contributed by atoms with van der Waals surface area (Å²) in [5.74, 6) is 0.457. The second kappa shape index (κ2) is 6.80. The molecule has 124 valence electrons. The molecule has 0 spiro atoms. The fourth-order valence-electron chi connectivity index (χ4n) is 2.47. The van der Waals surface area contributed by atoms with Crippen LogP contribution in [-0.2, 0) is 10.0 Å². The van der Waals surface area contributed by atoms with E-state index in [4.69, 9.17) is 4.42 Å². The Balaban J connectivity index is 1.99. The quantitative estimate of drug-likeness (QED) is 0.796. The Labute approximate surface area is 131 Å². The van der Waals surface area contributed by atoms with Crippen molar-refractivity contribution in [3.63, 3.8) is 0 Å². The molecule has 2 heterocycles. The predicted molar refractivity (Wildman–Crippen MR) is 82.2 cm³/mol. The Hall–Kier alpha value is -1.38. The zero-order chi connectivity index (χ0) is 16.3. The smallest absolute Gasteiger partial charge is 0.287 e. The van der Waals surface area contributed by atoms with E-state index in [0.29, 0.717) is 12.5 Å². The summed E-state index contributed by atoms with van der Waals surface area (Å²) >= 11 is 0. The Kier molecular flexibility index (Phi) is 5.25. The largest absolute Gasteiger partial charge is 0.455 e. The van der Waals surface area contributed by atoms with Gasteiger partial charge in [0, 0.05) is 26.7 Å². The van der Waals surface area contributed by atoms with Crippen LogP contribution in [0.2, 0.25) is 0 Å². The average Bonchev–Trinajstić information content (AvgIpc) is 3.08. The van der Waals surface area contributed by atoms with E-state index in [-0.39, 0.29) is 22.3 Å². The average molecular weight is 329 g/mol. The van der Waals surface area contributed by atoms with Crippen molar-refractivity contribution in [2.75, 3.05) is 33.7 Å². The molecular formula is C14H23N3O4S. The molecule has 0 bridgehead atoms. The molecule has 1 amide bonds. The van der Waals surface area contributed by atoms with Crippen LogP contribution in [0, 0.1) is 12.8 Å². The van der Waals surface area contributed by atoms with E-state index in [1.807, 2.05) is 0 Å². The van der Waals surface area contributed by atoms with E-state index >= 15 is 0 Å². The summed E-state index contributed by atoms with van der Waals surface area (Å²) in [6, 6.07) is 1.29. The Morgan fingerprint density at radius 1 is 1.50 bits per heavy atom. The molecule has 7 nitrogen and oxygen atoms in total. The number of hydrogen-bond acceptors (Lipinski definition) is 5. The zero-order valence-corrected chi connectivity index (χ0v) is 14.0. The molecular weight excluding hydrogens is 306 g/mol. The van der Waals surface area contributed by atoms with Crippen LogP contribution < -0.4 is 10.6 Å². The third-order valence-electron chi connectivity index (χ3n) is 3.86. The lowest BCUT2D eigenvalue weighted by Crippen LogP contribution is -2.26. The van der Waals surface area contributed by atoms with Gasteiger partial charge in [-0.15, -0.1) is 0 Å². The van der Waals surface area contributed by atoms with Crippen LogP contribution in [0.4, 0.5) is 0 Å². The van der Waals surface area contributed by atoms with E-state index in [9.17, 15) is 13.2 Å². The molecule has 0 saturated carbocycles. The minimum atomic E-state index is -3.60. The lowest BCUT2D eigenvalue weighted by atomic mass is 10.1. The van der Waals surface area contributed by atoms with Gasteiger partial charge in [-0.2, -0.15) is 0 Å². The molecule has 8 heteroatoms. The maximum atomic E-state index is 12.1. The molecule has 1 atom stereocenters. The van der Waals surface area contributed by atoms with Crippen molar-refractivity contribution in [1.29, 1.82) is 0 Å². The molecule has 1 aromatic heterocycles. The summed E-state index contributed by atoms with van der Waals surface area (Å²) < 4.78 is 30.6. The first-order chi connectivity index (χ1) is 10.3. The van der Waals surface area contributed by atoms with Crippen LogP contribution in [0.3, 0.4) is 0 Å². The highest BCUT2D eigenvalue weighted by molar-refractivity contribution is 7.89. The van der Waals surface area contributed by atoms with Crippen molar-refractivity contribution < 1.29 is 17.6 Å². The van der Waals surface area contributed by atoms with Gasteiger partial charge >= 0.3 is 0 Å². The number of aryl methyl sites for hydroxylation is 1. The summed E-state index contributed by atoms with van der Waals surface area (Å²) in [5, 5.41) is 6.06. The number of hydrogen-bond donors (Lipinski definition) is 2. The Bertz CT molecular complexity index is 631. The molecule has 2 rings (SSSR count). The maximum Gasteiger partial charge on any atom is 0.287 e. The van der Waals surface area contributed by atoms with E-state index in [1.165, 1.54) is 27.1 Å². The van der Waals surface area contributed by atoms with Gasteiger partial charge in [0.05, 0.1) is 0 Å². The fraction of sp³-hybridized carbons (Fsp3) is 0.643. The van der Waals surface area contributed by atoms with Crippen molar-refractivity contribution in [3.8, 4) is 0 Å². The lowest BCUT2D eigenvalue weighted by molar-refractivity contribution is 0.0922. The number of sulfonamides is 1. The monoisotopic (exact) mass is 329 g/mol. The van der Waals surface area contributed by atoms with Crippen molar-refractivity contribution in [2.24, 2.45) is 5.92 Å². The first-order valence-electron chi connectivity index (χ1n) is 7.34. The number of rotatable bonds is 6. The summed E-state index contributed by atoms with van der Waals surface area (Å²) in [4.78, 5) is 12.1. The highest BCUT2D eigenvalue weighted by Gasteiger charge is 2.25. The number of carbonyl (C=O) groups is 1. The Morgan fingerprint density at radius 2 is 2.23 bits per heavy atom. The third-order valence-corrected chi connectivity index (χ3v) is 5.78. The number of furan rings is 1. The van der Waals surface area contributed by atoms with Crippen LogP contribution in [-0.4, -0.2) is 52.4 Å². The van der Waals surface area contributed by atoms with Gasteiger partial charge in [0.1, 0.15) is 10.7 Å². The number of nitrogens with zero attached hydrogens (tertiary/aromatic N) is 1. The molecule has 1 saturated heterocycles. The first-order valence-corrected chi connectivity index (χ1v) is 8.78. The normalized spacial score (nSPS) is 18.8. The van der Waals surface area contributed by atoms with Gasteiger partial charge in [0.2, 0.25) is 10.0 Å². The lowest BCUT2D eigenvalue weighted by Gasteiger charge is -2.09. The van der Waals surface area contributed by atoms with Crippen molar-refractivity contribution in [1.82, 2.24) is 14.9 Å². The highest BCUT2D eigenvalue weighted by atomic mass is 32.2. The van der Waals surface area contributed by atoms with Crippen LogP contribution in [0.5, 0.6) is 0 Å². The topological polar surface area (TPSA) is 91.6 Å². The molecule has 2 N–H and O–H groups in total. The molecule has 1 unspecified atom stereocenters. The predicted octanol–water partition coefficient (Wildman–Crippen LogP) is 0.568. The Morgan fingerprint density at radius 3 is 2.82 bits per heavy atom. The summed E-state index contributed by atoms with van der Waals surface area (Å²) in [6.45, 7) is 4.11. The van der Waals surface area contributed by atoms with Gasteiger partial charge in [-0.1, -0.05) is 0 Å². The van der Waals surface area contributed by atoms with Crippen LogP contribution in [0.15, 0.2) is 15.4 Å². The molecule has 0 aliphatic carbocycles. The molecule has 1 fully saturated rings. The molecule has 0 aromatic carbocycles. The highest BCUT2D eigenvalue weighted by Crippen LogP contribution is 2.22. The van der Waals surface area contributed by atoms with Crippen LogP contribution in [0.1, 0.15) is 29.2 Å². The molecule has 1 aromatic rings. The fourth-order valence-corrected chi connectivity index (χ4v) is 3.52. The molecule has 1 aliphatic heterocycles. The molecule has 22 heavy (non-hydrogen) atoms. The van der Waals surface area contributed by atoms with Gasteiger partial charge in [-0.3, -0.25) is 4.79 Å². The van der Waals surface area contributed by atoms with Crippen molar-refractivity contribution >= 4 is 15.9 Å². The van der Waals surface area contributed by atoms with E-state index in [1.54, 1.807) is 0 Å². The van der Waals surface area contributed by atoms with Gasteiger partial charge in [-0.05, 0) is 38.8 Å². The number of carbonyl (C=O) groups excluding carboxylic acids is 1. The number of nitrogens with one attached hydrogen (secondary N) is 2. The summed E-state index contributed by atoms with van der Waals surface area (Å²) in [7, 11) is -0.719. The standard InChI is InChI=1S/C14H23N3O4S/c1-10-13(22(19,20)17(2)3)8-12(21-10)14(18)16-7-5-11-4-6-15-9-11/h8,11,15H,4-7,9H2,1-3H3,(H,16,18). The van der Waals surface area contributed by atoms with Crippen molar-refractivity contribution in [2.45, 2.75) is 24.7 Å². The van der Waals surface area contributed by atoms with Crippen LogP contribution >= 0.6 is 0 Å². The van der Waals surface area contributed by atoms with Crippen LogP contribution in [0.25, 0.3) is 0 Å². The second-order valence-electron chi connectivity index (χ2n) is 5.72. The SMILES string of the molecule is Cc1oc(C(=O)NCCC2CCNC2)cc1S(=O)(=O)N(C)C. The van der Waals surface area contributed by atoms with Crippen molar-refractivity contribution in [3.05, 3.63) is 17.6 Å². The first kappa shape index (κ1) is 17.0. The third kappa shape index (κ3) is 3.68. The van der Waals surface area contributed by atoms with Gasteiger partial charge in [-0.25, -0.2) is 12.7 Å². The number of amides is 1. The second-order valence-corrected chi connectivity index (χ2v) is 7.84. The molecule has 0 radical (unpaired) electrons. The zero-order valence-electron chi connectivity index (χ0n) is 13.2. The maximum absolute atomic E-state index is 12.1. The van der Waals surface area contributed by atoms with E-state index in [0.717, 1.165) is 30.2 Å². The summed E-state index contributed by atoms with van der Waals surface area (Å²) in [5.41, 5.74) is 0. The molecule has 1 aliphatic rings. The minimum absolute atomic E-state index is 0.0301. The van der Waals surface area contributed by atoms with Gasteiger partial charge in [0.15, 0.2) is 5.76 Å². The van der Waals surface area contributed by atoms with Gasteiger partial charge in [0.25, 0.3) is 5.91 Å².